The van der Waals surface area contributed by atoms with E-state index in [0.29, 0.717) is 18.6 Å². The molecule has 0 radical (unpaired) electrons. The quantitative estimate of drug-likeness (QED) is 0.919. The van der Waals surface area contributed by atoms with E-state index in [0.717, 1.165) is 16.9 Å². The Morgan fingerprint density at radius 3 is 2.05 bits per heavy atom. The first kappa shape index (κ1) is 14.7. The van der Waals surface area contributed by atoms with E-state index < -0.39 is 11.4 Å². The molecule has 1 aromatic rings. The van der Waals surface area contributed by atoms with Crippen LogP contribution in [0.3, 0.4) is 0 Å². The molecule has 4 nitrogen and oxygen atoms in total. The van der Waals surface area contributed by atoms with E-state index in [1.54, 1.807) is 14.2 Å². The second-order valence-electron chi connectivity index (χ2n) is 6.39. The van der Waals surface area contributed by atoms with Gasteiger partial charge in [-0.3, -0.25) is 4.79 Å². The highest BCUT2D eigenvalue weighted by Crippen LogP contribution is 2.53. The maximum atomic E-state index is 11.5. The van der Waals surface area contributed by atoms with Crippen LogP contribution in [0.1, 0.15) is 44.7 Å². The molecule has 0 spiro atoms. The van der Waals surface area contributed by atoms with E-state index in [2.05, 4.69) is 20.8 Å². The summed E-state index contributed by atoms with van der Waals surface area (Å²) in [5.74, 6) is 0.567. The van der Waals surface area contributed by atoms with Crippen molar-refractivity contribution >= 4 is 5.97 Å². The molecule has 0 unspecified atom stereocenters. The molecule has 2 rings (SSSR count). The Labute approximate surface area is 119 Å². The van der Waals surface area contributed by atoms with Gasteiger partial charge < -0.3 is 14.6 Å². The fourth-order valence-electron chi connectivity index (χ4n) is 2.58. The average molecular weight is 278 g/mol. The second-order valence-corrected chi connectivity index (χ2v) is 6.39. The van der Waals surface area contributed by atoms with Crippen molar-refractivity contribution in [1.82, 2.24) is 0 Å². The molecular weight excluding hydrogens is 256 g/mol. The van der Waals surface area contributed by atoms with Crippen molar-refractivity contribution in [3.8, 4) is 11.5 Å². The van der Waals surface area contributed by atoms with Crippen molar-refractivity contribution in [2.75, 3.05) is 14.2 Å². The number of hydrogen-bond donors (Lipinski definition) is 1. The molecule has 1 fully saturated rings. The molecule has 1 aromatic carbocycles. The highest BCUT2D eigenvalue weighted by Gasteiger charge is 2.53. The van der Waals surface area contributed by atoms with Crippen LogP contribution in [0, 0.1) is 0 Å². The van der Waals surface area contributed by atoms with Crippen molar-refractivity contribution in [3.05, 3.63) is 23.3 Å². The van der Waals surface area contributed by atoms with Crippen molar-refractivity contribution in [2.45, 2.75) is 44.4 Å². The molecule has 0 amide bonds. The highest BCUT2D eigenvalue weighted by atomic mass is 16.5. The number of carbonyl (C=O) groups is 1. The third-order valence-electron chi connectivity index (χ3n) is 4.00. The van der Waals surface area contributed by atoms with Gasteiger partial charge in [-0.25, -0.2) is 0 Å². The summed E-state index contributed by atoms with van der Waals surface area (Å²) in [4.78, 5) is 11.5. The van der Waals surface area contributed by atoms with E-state index in [9.17, 15) is 9.90 Å². The summed E-state index contributed by atoms with van der Waals surface area (Å²) < 4.78 is 10.9. The maximum Gasteiger partial charge on any atom is 0.314 e. The zero-order chi connectivity index (χ0) is 15.1. The molecule has 0 aromatic heterocycles. The number of ether oxygens (including phenoxy) is 2. The zero-order valence-electron chi connectivity index (χ0n) is 12.7. The van der Waals surface area contributed by atoms with Crippen LogP contribution in [0.25, 0.3) is 0 Å². The summed E-state index contributed by atoms with van der Waals surface area (Å²) in [6, 6.07) is 3.75. The minimum atomic E-state index is -0.797. The van der Waals surface area contributed by atoms with E-state index in [4.69, 9.17) is 9.47 Å². The fraction of sp³-hybridized carbons (Fsp3) is 0.562. The van der Waals surface area contributed by atoms with Crippen LogP contribution in [-0.2, 0) is 15.6 Å². The molecule has 110 valence electrons. The van der Waals surface area contributed by atoms with Gasteiger partial charge in [0, 0.05) is 11.1 Å². The van der Waals surface area contributed by atoms with Gasteiger partial charge in [-0.1, -0.05) is 20.8 Å². The number of aliphatic carboxylic acids is 1. The Kier molecular flexibility index (Phi) is 3.44. The minimum Gasteiger partial charge on any atom is -0.496 e. The monoisotopic (exact) mass is 278 g/mol. The summed E-state index contributed by atoms with van der Waals surface area (Å²) in [6.45, 7) is 6.27. The van der Waals surface area contributed by atoms with Crippen LogP contribution in [-0.4, -0.2) is 25.3 Å². The molecule has 0 atom stereocenters. The van der Waals surface area contributed by atoms with E-state index >= 15 is 0 Å². The molecular formula is C16H22O4. The summed E-state index contributed by atoms with van der Waals surface area (Å²) >= 11 is 0. The van der Waals surface area contributed by atoms with Crippen LogP contribution >= 0.6 is 0 Å². The predicted molar refractivity (Wildman–Crippen MR) is 76.8 cm³/mol. The molecule has 0 heterocycles. The predicted octanol–water partition coefficient (Wildman–Crippen LogP) is 3.12. The Hall–Kier alpha value is -1.71. The van der Waals surface area contributed by atoms with Crippen LogP contribution in [0.15, 0.2) is 12.1 Å². The third kappa shape index (κ3) is 2.23. The lowest BCUT2D eigenvalue weighted by molar-refractivity contribution is -0.140. The molecule has 20 heavy (non-hydrogen) atoms. The van der Waals surface area contributed by atoms with Crippen LogP contribution in [0.5, 0.6) is 11.5 Å². The number of methoxy groups -OCH3 is 2. The molecule has 0 aliphatic heterocycles. The smallest absolute Gasteiger partial charge is 0.314 e. The van der Waals surface area contributed by atoms with E-state index in [1.807, 2.05) is 12.1 Å². The van der Waals surface area contributed by atoms with Gasteiger partial charge in [0.05, 0.1) is 19.6 Å². The highest BCUT2D eigenvalue weighted by molar-refractivity contribution is 5.86. The maximum absolute atomic E-state index is 11.5. The van der Waals surface area contributed by atoms with Gasteiger partial charge in [-0.05, 0) is 30.4 Å². The van der Waals surface area contributed by atoms with E-state index in [-0.39, 0.29) is 5.41 Å². The summed E-state index contributed by atoms with van der Waals surface area (Å²) in [5, 5.41) is 9.47. The SMILES string of the molecule is COc1cc(C2(C(=O)O)CC2)c(OC)cc1C(C)(C)C. The van der Waals surface area contributed by atoms with E-state index in [1.165, 1.54) is 0 Å². The summed E-state index contributed by atoms with van der Waals surface area (Å²) in [7, 11) is 3.19. The summed E-state index contributed by atoms with van der Waals surface area (Å²) in [6.07, 6.45) is 1.30. The number of hydrogen-bond acceptors (Lipinski definition) is 3. The molecule has 0 bridgehead atoms. The van der Waals surface area contributed by atoms with Gasteiger partial charge in [-0.2, -0.15) is 0 Å². The van der Waals surface area contributed by atoms with Gasteiger partial charge in [0.15, 0.2) is 0 Å². The Bertz CT molecular complexity index is 536. The average Bonchev–Trinajstić information content (AvgIpc) is 3.17. The van der Waals surface area contributed by atoms with Crippen molar-refractivity contribution in [1.29, 1.82) is 0 Å². The normalized spacial score (nSPS) is 16.6. The number of benzene rings is 1. The Balaban J connectivity index is 2.63. The molecule has 0 saturated heterocycles. The number of carboxylic acids is 1. The summed E-state index contributed by atoms with van der Waals surface area (Å²) in [5.41, 5.74) is 0.839. The lowest BCUT2D eigenvalue weighted by atomic mass is 9.83. The largest absolute Gasteiger partial charge is 0.496 e. The van der Waals surface area contributed by atoms with Crippen LogP contribution in [0.2, 0.25) is 0 Å². The number of rotatable bonds is 4. The topological polar surface area (TPSA) is 55.8 Å². The molecule has 1 N–H and O–H groups in total. The Morgan fingerprint density at radius 2 is 1.70 bits per heavy atom. The van der Waals surface area contributed by atoms with Gasteiger partial charge in [-0.15, -0.1) is 0 Å². The third-order valence-corrected chi connectivity index (χ3v) is 4.00. The lowest BCUT2D eigenvalue weighted by Gasteiger charge is -2.25. The van der Waals surface area contributed by atoms with Gasteiger partial charge in [0.25, 0.3) is 0 Å². The first-order valence-electron chi connectivity index (χ1n) is 6.76. The lowest BCUT2D eigenvalue weighted by Crippen LogP contribution is -2.22. The fourth-order valence-corrected chi connectivity index (χ4v) is 2.58. The molecule has 1 aliphatic carbocycles. The van der Waals surface area contributed by atoms with Crippen LogP contribution in [0.4, 0.5) is 0 Å². The van der Waals surface area contributed by atoms with Crippen molar-refractivity contribution in [2.24, 2.45) is 0 Å². The Morgan fingerprint density at radius 1 is 1.15 bits per heavy atom. The molecule has 1 saturated carbocycles. The van der Waals surface area contributed by atoms with Gasteiger partial charge in [0.1, 0.15) is 11.5 Å². The van der Waals surface area contributed by atoms with Gasteiger partial charge in [0.2, 0.25) is 0 Å². The minimum absolute atomic E-state index is 0.100. The molecule has 1 aliphatic rings. The first-order chi connectivity index (χ1) is 9.26. The van der Waals surface area contributed by atoms with Crippen molar-refractivity contribution < 1.29 is 19.4 Å². The van der Waals surface area contributed by atoms with Gasteiger partial charge >= 0.3 is 5.97 Å². The number of carboxylic acid groups (broad SMARTS) is 1. The standard InChI is InChI=1S/C16H22O4/c1-15(2,3)10-8-13(20-5)11(9-12(10)19-4)16(6-7-16)14(17)18/h8-9H,6-7H2,1-5H3,(H,17,18). The van der Waals surface area contributed by atoms with Crippen molar-refractivity contribution in [3.63, 3.8) is 0 Å². The first-order valence-corrected chi connectivity index (χ1v) is 6.76. The van der Waals surface area contributed by atoms with Crippen LogP contribution < -0.4 is 9.47 Å². The molecule has 4 heteroatoms. The second kappa shape index (κ2) is 4.69. The zero-order valence-corrected chi connectivity index (χ0v) is 12.7.